The predicted molar refractivity (Wildman–Crippen MR) is 96.9 cm³/mol. The third-order valence-electron chi connectivity index (χ3n) is 3.81. The van der Waals surface area contributed by atoms with Crippen molar-refractivity contribution in [1.82, 2.24) is 14.7 Å². The maximum Gasteiger partial charge on any atom is 0.287 e. The van der Waals surface area contributed by atoms with Gasteiger partial charge in [-0.15, -0.1) is 6.58 Å². The van der Waals surface area contributed by atoms with Gasteiger partial charge in [0.2, 0.25) is 5.82 Å². The van der Waals surface area contributed by atoms with Crippen LogP contribution in [-0.2, 0) is 0 Å². The first kappa shape index (κ1) is 16.4. The molecule has 6 heteroatoms. The normalized spacial score (nSPS) is 10.4. The average Bonchev–Trinajstić information content (AvgIpc) is 3.05. The highest BCUT2D eigenvalue weighted by Gasteiger charge is 2.23. The zero-order chi connectivity index (χ0) is 17.8. The molecule has 0 radical (unpaired) electrons. The number of nitrogens with one attached hydrogen (secondary N) is 1. The number of nitrogens with zero attached hydrogens (tertiary/aromatic N) is 3. The van der Waals surface area contributed by atoms with E-state index in [4.69, 9.17) is 0 Å². The van der Waals surface area contributed by atoms with Gasteiger partial charge in [0.05, 0.1) is 5.52 Å². The fraction of sp³-hybridized carbons (Fsp3) is 0.105. The molecule has 0 atom stereocenters. The van der Waals surface area contributed by atoms with Crippen molar-refractivity contribution in [3.63, 3.8) is 0 Å². The van der Waals surface area contributed by atoms with Crippen molar-refractivity contribution in [3.05, 3.63) is 78.9 Å². The molecule has 25 heavy (non-hydrogen) atoms. The first-order chi connectivity index (χ1) is 12.1. The number of fused-ring (bicyclic) bond motifs is 1. The summed E-state index contributed by atoms with van der Waals surface area (Å²) in [5, 5.41) is 2.69. The van der Waals surface area contributed by atoms with Gasteiger partial charge in [0.25, 0.3) is 11.8 Å². The highest BCUT2D eigenvalue weighted by molar-refractivity contribution is 6.10. The van der Waals surface area contributed by atoms with Crippen LogP contribution in [0.15, 0.2) is 67.4 Å². The third-order valence-corrected chi connectivity index (χ3v) is 3.81. The number of rotatable bonds is 5. The van der Waals surface area contributed by atoms with Crippen molar-refractivity contribution >= 4 is 23.0 Å². The summed E-state index contributed by atoms with van der Waals surface area (Å²) >= 11 is 0. The van der Waals surface area contributed by atoms with E-state index in [0.717, 1.165) is 5.69 Å². The van der Waals surface area contributed by atoms with Crippen LogP contribution in [0, 0.1) is 0 Å². The largest absolute Gasteiger partial charge is 0.346 e. The Bertz CT molecular complexity index is 931. The van der Waals surface area contributed by atoms with Crippen LogP contribution in [0.25, 0.3) is 5.52 Å². The van der Waals surface area contributed by atoms with E-state index in [1.807, 2.05) is 36.4 Å². The van der Waals surface area contributed by atoms with Crippen molar-refractivity contribution in [2.45, 2.75) is 0 Å². The minimum atomic E-state index is -0.359. The van der Waals surface area contributed by atoms with Crippen molar-refractivity contribution in [2.75, 3.05) is 18.5 Å². The van der Waals surface area contributed by atoms with Crippen LogP contribution in [0.5, 0.6) is 0 Å². The number of aromatic nitrogens is 2. The second-order valence-corrected chi connectivity index (χ2v) is 5.44. The molecule has 0 saturated heterocycles. The van der Waals surface area contributed by atoms with E-state index in [1.54, 1.807) is 35.9 Å². The smallest absolute Gasteiger partial charge is 0.287 e. The SMILES string of the molecule is C=CCNC(=O)c1nc(C(=O)N(C)c2ccccc2)c2ccccn12. The molecule has 1 N–H and O–H groups in total. The summed E-state index contributed by atoms with van der Waals surface area (Å²) in [7, 11) is 1.68. The molecular formula is C19H18N4O2. The fourth-order valence-electron chi connectivity index (χ4n) is 2.53. The lowest BCUT2D eigenvalue weighted by molar-refractivity contribution is 0.0947. The number of carbonyl (C=O) groups is 2. The van der Waals surface area contributed by atoms with Crippen LogP contribution in [0.1, 0.15) is 21.1 Å². The zero-order valence-electron chi connectivity index (χ0n) is 13.8. The van der Waals surface area contributed by atoms with E-state index in [0.29, 0.717) is 12.1 Å². The summed E-state index contributed by atoms with van der Waals surface area (Å²) in [4.78, 5) is 31.1. The quantitative estimate of drug-likeness (QED) is 0.729. The molecule has 0 saturated carbocycles. The van der Waals surface area contributed by atoms with Gasteiger partial charge in [-0.05, 0) is 24.3 Å². The molecule has 1 aromatic carbocycles. The Labute approximate surface area is 145 Å². The molecule has 0 bridgehead atoms. The fourth-order valence-corrected chi connectivity index (χ4v) is 2.53. The Morgan fingerprint density at radius 3 is 2.64 bits per heavy atom. The van der Waals surface area contributed by atoms with E-state index >= 15 is 0 Å². The molecule has 6 nitrogen and oxygen atoms in total. The highest BCUT2D eigenvalue weighted by atomic mass is 16.2. The summed E-state index contributed by atoms with van der Waals surface area (Å²) in [6, 6.07) is 14.6. The van der Waals surface area contributed by atoms with Gasteiger partial charge in [0, 0.05) is 25.5 Å². The lowest BCUT2D eigenvalue weighted by Crippen LogP contribution is -2.27. The van der Waals surface area contributed by atoms with Crippen LogP contribution in [0.3, 0.4) is 0 Å². The maximum absolute atomic E-state index is 12.9. The highest BCUT2D eigenvalue weighted by Crippen LogP contribution is 2.19. The minimum Gasteiger partial charge on any atom is -0.346 e. The van der Waals surface area contributed by atoms with Crippen molar-refractivity contribution in [3.8, 4) is 0 Å². The van der Waals surface area contributed by atoms with Crippen LogP contribution in [0.2, 0.25) is 0 Å². The van der Waals surface area contributed by atoms with Gasteiger partial charge >= 0.3 is 0 Å². The summed E-state index contributed by atoms with van der Waals surface area (Å²) in [5.74, 6) is -0.470. The van der Waals surface area contributed by atoms with Gasteiger partial charge in [-0.2, -0.15) is 0 Å². The second-order valence-electron chi connectivity index (χ2n) is 5.44. The monoisotopic (exact) mass is 334 g/mol. The molecule has 2 heterocycles. The standard InChI is InChI=1S/C19H18N4O2/c1-3-12-20-18(24)17-21-16(15-11-7-8-13-23(15)17)19(25)22(2)14-9-5-4-6-10-14/h3-11,13H,1,12H2,2H3,(H,20,24). The van der Waals surface area contributed by atoms with Crippen molar-refractivity contribution < 1.29 is 9.59 Å². The van der Waals surface area contributed by atoms with Crippen molar-refractivity contribution in [1.29, 1.82) is 0 Å². The van der Waals surface area contributed by atoms with E-state index in [1.165, 1.54) is 4.90 Å². The topological polar surface area (TPSA) is 66.7 Å². The Hall–Kier alpha value is -3.41. The van der Waals surface area contributed by atoms with E-state index in [9.17, 15) is 9.59 Å². The Kier molecular flexibility index (Phi) is 4.61. The first-order valence-electron chi connectivity index (χ1n) is 7.82. The van der Waals surface area contributed by atoms with Gasteiger partial charge in [-0.1, -0.05) is 30.3 Å². The molecule has 0 fully saturated rings. The molecule has 2 amide bonds. The lowest BCUT2D eigenvalue weighted by Gasteiger charge is -2.16. The van der Waals surface area contributed by atoms with Crippen LogP contribution >= 0.6 is 0 Å². The molecule has 2 aromatic heterocycles. The van der Waals surface area contributed by atoms with Crippen LogP contribution < -0.4 is 10.2 Å². The number of para-hydroxylation sites is 1. The second kappa shape index (κ2) is 7.00. The molecule has 0 aliphatic carbocycles. The number of benzene rings is 1. The van der Waals surface area contributed by atoms with Gasteiger partial charge in [0.15, 0.2) is 5.69 Å². The molecule has 0 aliphatic rings. The molecular weight excluding hydrogens is 316 g/mol. The number of hydrogen-bond acceptors (Lipinski definition) is 3. The number of imidazole rings is 1. The average molecular weight is 334 g/mol. The Balaban J connectivity index is 2.03. The molecule has 0 spiro atoms. The zero-order valence-corrected chi connectivity index (χ0v) is 13.8. The predicted octanol–water partition coefficient (Wildman–Crippen LogP) is 2.53. The molecule has 0 aliphatic heterocycles. The Morgan fingerprint density at radius 2 is 1.92 bits per heavy atom. The minimum absolute atomic E-state index is 0.169. The summed E-state index contributed by atoms with van der Waals surface area (Å²) in [6.07, 6.45) is 3.30. The number of amides is 2. The number of anilines is 1. The summed E-state index contributed by atoms with van der Waals surface area (Å²) < 4.78 is 1.62. The van der Waals surface area contributed by atoms with Gasteiger partial charge in [-0.25, -0.2) is 4.98 Å². The molecule has 0 unspecified atom stereocenters. The van der Waals surface area contributed by atoms with E-state index in [2.05, 4.69) is 16.9 Å². The maximum atomic E-state index is 12.9. The number of pyridine rings is 1. The van der Waals surface area contributed by atoms with Crippen LogP contribution in [0.4, 0.5) is 5.69 Å². The van der Waals surface area contributed by atoms with Gasteiger partial charge < -0.3 is 10.2 Å². The molecule has 3 rings (SSSR count). The number of hydrogen-bond donors (Lipinski definition) is 1. The van der Waals surface area contributed by atoms with E-state index < -0.39 is 0 Å². The van der Waals surface area contributed by atoms with Crippen molar-refractivity contribution in [2.24, 2.45) is 0 Å². The third kappa shape index (κ3) is 3.14. The van der Waals surface area contributed by atoms with Gasteiger partial charge in [-0.3, -0.25) is 14.0 Å². The Morgan fingerprint density at radius 1 is 1.20 bits per heavy atom. The van der Waals surface area contributed by atoms with Crippen LogP contribution in [-0.4, -0.2) is 34.8 Å². The number of carbonyl (C=O) groups excluding carboxylic acids is 2. The lowest BCUT2D eigenvalue weighted by atomic mass is 10.2. The summed E-state index contributed by atoms with van der Waals surface area (Å²) in [5.41, 5.74) is 1.57. The van der Waals surface area contributed by atoms with Gasteiger partial charge in [0.1, 0.15) is 0 Å². The molecule has 126 valence electrons. The molecule has 3 aromatic rings. The van der Waals surface area contributed by atoms with E-state index in [-0.39, 0.29) is 23.3 Å². The summed E-state index contributed by atoms with van der Waals surface area (Å²) in [6.45, 7) is 3.90. The first-order valence-corrected chi connectivity index (χ1v) is 7.82.